The number of pyridine rings is 1. The van der Waals surface area contributed by atoms with Crippen molar-refractivity contribution in [3.8, 4) is 5.88 Å². The number of ether oxygens (including phenoxy) is 1. The van der Waals surface area contributed by atoms with E-state index in [1.165, 1.54) is 16.6 Å². The monoisotopic (exact) mass is 322 g/mol. The molecule has 6 nitrogen and oxygen atoms in total. The largest absolute Gasteiger partial charge is 0.478 e. The molecule has 22 heavy (non-hydrogen) atoms. The van der Waals surface area contributed by atoms with E-state index < -0.39 is 10.0 Å². The second-order valence-corrected chi connectivity index (χ2v) is 6.94. The fraction of sp³-hybridized carbons (Fsp3) is 0.400. The summed E-state index contributed by atoms with van der Waals surface area (Å²) in [5.74, 6) is 1.10. The fourth-order valence-corrected chi connectivity index (χ4v) is 4.29. The lowest BCUT2D eigenvalue weighted by Gasteiger charge is -2.22. The summed E-state index contributed by atoms with van der Waals surface area (Å²) >= 11 is 0. The van der Waals surface area contributed by atoms with Gasteiger partial charge in [0.15, 0.2) is 0 Å². The Kier molecular flexibility index (Phi) is 4.17. The van der Waals surface area contributed by atoms with E-state index in [9.17, 15) is 8.42 Å². The van der Waals surface area contributed by atoms with Crippen molar-refractivity contribution in [3.05, 3.63) is 42.5 Å². The molecule has 0 aliphatic carbocycles. The van der Waals surface area contributed by atoms with Crippen molar-refractivity contribution in [2.24, 2.45) is 0 Å². The Morgan fingerprint density at radius 2 is 2.27 bits per heavy atom. The van der Waals surface area contributed by atoms with Gasteiger partial charge >= 0.3 is 0 Å². The molecule has 2 aromatic rings. The molecule has 3 heterocycles. The fourth-order valence-electron chi connectivity index (χ4n) is 2.68. The number of hydrogen-bond donors (Lipinski definition) is 0. The van der Waals surface area contributed by atoms with Crippen molar-refractivity contribution in [1.82, 2.24) is 9.29 Å². The molecule has 0 bridgehead atoms. The molecule has 1 fully saturated rings. The Morgan fingerprint density at radius 3 is 2.91 bits per heavy atom. The van der Waals surface area contributed by atoms with Crippen molar-refractivity contribution >= 4 is 10.0 Å². The Hall–Kier alpha value is -1.86. The summed E-state index contributed by atoms with van der Waals surface area (Å²) in [6, 6.07) is 6.46. The highest BCUT2D eigenvalue weighted by Crippen LogP contribution is 2.36. The highest BCUT2D eigenvalue weighted by Gasteiger charge is 2.37. The maximum absolute atomic E-state index is 12.8. The first-order valence-corrected chi connectivity index (χ1v) is 8.71. The van der Waals surface area contributed by atoms with Crippen LogP contribution in [0.2, 0.25) is 0 Å². The van der Waals surface area contributed by atoms with Gasteiger partial charge in [0.2, 0.25) is 15.9 Å². The van der Waals surface area contributed by atoms with Crippen molar-refractivity contribution < 1.29 is 17.6 Å². The van der Waals surface area contributed by atoms with Crippen LogP contribution >= 0.6 is 0 Å². The van der Waals surface area contributed by atoms with Gasteiger partial charge in [-0.25, -0.2) is 13.4 Å². The summed E-state index contributed by atoms with van der Waals surface area (Å²) in [6.07, 6.45) is 4.49. The molecule has 0 radical (unpaired) electrons. The normalized spacial score (nSPS) is 19.4. The highest BCUT2D eigenvalue weighted by atomic mass is 32.2. The van der Waals surface area contributed by atoms with Gasteiger partial charge < -0.3 is 9.15 Å². The number of nitrogens with zero attached hydrogens (tertiary/aromatic N) is 2. The minimum absolute atomic E-state index is 0.175. The lowest BCUT2D eigenvalue weighted by atomic mass is 10.2. The summed E-state index contributed by atoms with van der Waals surface area (Å²) in [5, 5.41) is 0. The number of hydrogen-bond acceptors (Lipinski definition) is 5. The van der Waals surface area contributed by atoms with Crippen LogP contribution in [-0.2, 0) is 10.0 Å². The van der Waals surface area contributed by atoms with E-state index in [2.05, 4.69) is 4.98 Å². The van der Waals surface area contributed by atoms with Crippen LogP contribution in [0.1, 0.15) is 31.6 Å². The van der Waals surface area contributed by atoms with Gasteiger partial charge in [-0.3, -0.25) is 0 Å². The third-order valence-electron chi connectivity index (χ3n) is 3.68. The molecule has 0 spiro atoms. The molecule has 2 aromatic heterocycles. The lowest BCUT2D eigenvalue weighted by molar-refractivity contribution is 0.325. The third kappa shape index (κ3) is 2.74. The first kappa shape index (κ1) is 15.1. The standard InChI is InChI=1S/C15H18N2O4S/c1-2-20-15-8-7-12(11-16-15)22(18,19)17-9-3-5-13(17)14-6-4-10-21-14/h4,6-8,10-11,13H,2-3,5,9H2,1H3/t13-/m1/s1. The van der Waals surface area contributed by atoms with Gasteiger partial charge in [-0.15, -0.1) is 0 Å². The predicted molar refractivity (Wildman–Crippen MR) is 80.0 cm³/mol. The summed E-state index contributed by atoms with van der Waals surface area (Å²) in [5.41, 5.74) is 0. The van der Waals surface area contributed by atoms with Crippen LogP contribution in [0.25, 0.3) is 0 Å². The van der Waals surface area contributed by atoms with Crippen LogP contribution in [0.3, 0.4) is 0 Å². The first-order valence-electron chi connectivity index (χ1n) is 7.27. The Balaban J connectivity index is 1.88. The molecule has 1 aliphatic rings. The van der Waals surface area contributed by atoms with Gasteiger partial charge in [-0.1, -0.05) is 0 Å². The van der Waals surface area contributed by atoms with Crippen molar-refractivity contribution in [1.29, 1.82) is 0 Å². The van der Waals surface area contributed by atoms with Crippen LogP contribution in [0.4, 0.5) is 0 Å². The summed E-state index contributed by atoms with van der Waals surface area (Å²) in [4.78, 5) is 4.22. The molecule has 0 unspecified atom stereocenters. The topological polar surface area (TPSA) is 72.6 Å². The summed E-state index contributed by atoms with van der Waals surface area (Å²) < 4.78 is 37.7. The molecular weight excluding hydrogens is 304 g/mol. The molecule has 3 rings (SSSR count). The highest BCUT2D eigenvalue weighted by molar-refractivity contribution is 7.89. The lowest BCUT2D eigenvalue weighted by Crippen LogP contribution is -2.30. The quantitative estimate of drug-likeness (QED) is 0.846. The van der Waals surface area contributed by atoms with Crippen LogP contribution in [0.15, 0.2) is 46.0 Å². The Morgan fingerprint density at radius 1 is 1.41 bits per heavy atom. The Bertz CT molecular complexity index is 711. The molecule has 1 aliphatic heterocycles. The SMILES string of the molecule is CCOc1ccc(S(=O)(=O)N2CCC[C@@H]2c2ccco2)cn1. The Labute approximate surface area is 129 Å². The van der Waals surface area contributed by atoms with E-state index in [1.54, 1.807) is 18.4 Å². The average molecular weight is 322 g/mol. The number of sulfonamides is 1. The summed E-state index contributed by atoms with van der Waals surface area (Å²) in [6.45, 7) is 2.83. The number of rotatable bonds is 5. The average Bonchev–Trinajstić information content (AvgIpc) is 3.19. The van der Waals surface area contributed by atoms with E-state index >= 15 is 0 Å². The van der Waals surface area contributed by atoms with Crippen molar-refractivity contribution in [3.63, 3.8) is 0 Å². The molecule has 0 N–H and O–H groups in total. The molecule has 7 heteroatoms. The maximum Gasteiger partial charge on any atom is 0.245 e. The molecule has 0 aromatic carbocycles. The summed E-state index contributed by atoms with van der Waals surface area (Å²) in [7, 11) is -3.59. The first-order chi connectivity index (χ1) is 10.6. The third-order valence-corrected chi connectivity index (χ3v) is 5.58. The molecular formula is C15H18N2O4S. The molecule has 0 amide bonds. The van der Waals surface area contributed by atoms with Gasteiger partial charge in [0.1, 0.15) is 10.7 Å². The van der Waals surface area contributed by atoms with Crippen LogP contribution in [-0.4, -0.2) is 30.9 Å². The van der Waals surface area contributed by atoms with Gasteiger partial charge in [0.05, 0.1) is 25.1 Å². The zero-order valence-electron chi connectivity index (χ0n) is 12.3. The van der Waals surface area contributed by atoms with Gasteiger partial charge in [0.25, 0.3) is 0 Å². The minimum Gasteiger partial charge on any atom is -0.478 e. The zero-order valence-corrected chi connectivity index (χ0v) is 13.1. The van der Waals surface area contributed by atoms with E-state index in [0.717, 1.165) is 12.8 Å². The van der Waals surface area contributed by atoms with Crippen molar-refractivity contribution in [2.75, 3.05) is 13.2 Å². The van der Waals surface area contributed by atoms with Gasteiger partial charge in [-0.05, 0) is 38.0 Å². The molecule has 118 valence electrons. The van der Waals surface area contributed by atoms with E-state index in [4.69, 9.17) is 9.15 Å². The minimum atomic E-state index is -3.59. The predicted octanol–water partition coefficient (Wildman–Crippen LogP) is 2.60. The van der Waals surface area contributed by atoms with Crippen LogP contribution < -0.4 is 4.74 Å². The van der Waals surface area contributed by atoms with E-state index in [0.29, 0.717) is 24.8 Å². The van der Waals surface area contributed by atoms with E-state index in [1.807, 2.05) is 13.0 Å². The zero-order chi connectivity index (χ0) is 15.6. The second-order valence-electron chi connectivity index (χ2n) is 5.05. The molecule has 1 atom stereocenters. The van der Waals surface area contributed by atoms with Gasteiger partial charge in [-0.2, -0.15) is 4.31 Å². The number of furan rings is 1. The number of aromatic nitrogens is 1. The van der Waals surface area contributed by atoms with E-state index in [-0.39, 0.29) is 10.9 Å². The van der Waals surface area contributed by atoms with Crippen LogP contribution in [0, 0.1) is 0 Å². The maximum atomic E-state index is 12.8. The molecule has 0 saturated carbocycles. The van der Waals surface area contributed by atoms with Crippen molar-refractivity contribution in [2.45, 2.75) is 30.7 Å². The molecule has 1 saturated heterocycles. The second kappa shape index (κ2) is 6.10. The van der Waals surface area contributed by atoms with Gasteiger partial charge in [0, 0.05) is 12.6 Å². The smallest absolute Gasteiger partial charge is 0.245 e. The van der Waals surface area contributed by atoms with Crippen LogP contribution in [0.5, 0.6) is 5.88 Å².